The lowest BCUT2D eigenvalue weighted by Crippen LogP contribution is -2.27. The first kappa shape index (κ1) is 21.8. The monoisotopic (exact) mass is 492 g/mol. The number of methoxy groups -OCH3 is 1. The first-order valence-electron chi connectivity index (χ1n) is 8.72. The van der Waals surface area contributed by atoms with Crippen LogP contribution in [0, 0.1) is 5.82 Å². The number of carbonyl (C=O) groups excluding carboxylic acids is 1. The minimum absolute atomic E-state index is 0.00211. The summed E-state index contributed by atoms with van der Waals surface area (Å²) in [5.41, 5.74) is 0.597. The largest absolute Gasteiger partial charge is 0.495 e. The normalized spacial score (nSPS) is 11.1. The molecule has 3 aromatic carbocycles. The molecule has 1 amide bonds. The van der Waals surface area contributed by atoms with Crippen molar-refractivity contribution < 1.29 is 22.3 Å². The van der Waals surface area contributed by atoms with Crippen molar-refractivity contribution >= 4 is 43.2 Å². The van der Waals surface area contributed by atoms with Gasteiger partial charge < -0.3 is 10.1 Å². The van der Waals surface area contributed by atoms with Crippen LogP contribution in [0.1, 0.15) is 10.4 Å². The molecule has 0 bridgehead atoms. The van der Waals surface area contributed by atoms with E-state index < -0.39 is 21.7 Å². The summed E-state index contributed by atoms with van der Waals surface area (Å²) in [5, 5.41) is 2.46. The third-order valence-electron chi connectivity index (χ3n) is 4.38. The molecule has 3 aromatic rings. The number of nitrogens with zero attached hydrogens (tertiary/aromatic N) is 1. The highest BCUT2D eigenvalue weighted by Crippen LogP contribution is 2.31. The molecule has 0 aliphatic rings. The predicted octanol–water partition coefficient (Wildman–Crippen LogP) is 4.67. The lowest BCUT2D eigenvalue weighted by Gasteiger charge is -2.21. The predicted molar refractivity (Wildman–Crippen MR) is 117 cm³/mol. The molecule has 0 heterocycles. The second kappa shape index (κ2) is 8.85. The Morgan fingerprint density at radius 2 is 1.73 bits per heavy atom. The molecule has 0 radical (unpaired) electrons. The number of hydrogen-bond donors (Lipinski definition) is 1. The molecule has 0 unspecified atom stereocenters. The van der Waals surface area contributed by atoms with E-state index in [-0.39, 0.29) is 16.1 Å². The summed E-state index contributed by atoms with van der Waals surface area (Å²) in [5.74, 6) is -0.732. The van der Waals surface area contributed by atoms with Crippen molar-refractivity contribution in [2.75, 3.05) is 23.8 Å². The van der Waals surface area contributed by atoms with Crippen molar-refractivity contribution in [1.29, 1.82) is 0 Å². The molecule has 156 valence electrons. The number of hydrogen-bond acceptors (Lipinski definition) is 4. The number of amides is 1. The van der Waals surface area contributed by atoms with Gasteiger partial charge in [0.15, 0.2) is 0 Å². The van der Waals surface area contributed by atoms with Crippen LogP contribution in [0.4, 0.5) is 15.8 Å². The third-order valence-corrected chi connectivity index (χ3v) is 6.66. The average Bonchev–Trinajstić information content (AvgIpc) is 2.75. The van der Waals surface area contributed by atoms with Crippen LogP contribution in [-0.4, -0.2) is 28.5 Å². The zero-order valence-corrected chi connectivity index (χ0v) is 18.5. The number of sulfonamides is 1. The summed E-state index contributed by atoms with van der Waals surface area (Å²) in [4.78, 5) is 12.4. The van der Waals surface area contributed by atoms with Crippen molar-refractivity contribution in [3.05, 3.63) is 82.6 Å². The van der Waals surface area contributed by atoms with Gasteiger partial charge in [-0.25, -0.2) is 12.8 Å². The molecular weight excluding hydrogens is 475 g/mol. The molecule has 1 N–H and O–H groups in total. The molecule has 0 atom stereocenters. The van der Waals surface area contributed by atoms with E-state index in [0.29, 0.717) is 15.9 Å². The molecule has 0 aromatic heterocycles. The van der Waals surface area contributed by atoms with Gasteiger partial charge in [0.1, 0.15) is 11.6 Å². The van der Waals surface area contributed by atoms with Crippen LogP contribution >= 0.6 is 15.9 Å². The van der Waals surface area contributed by atoms with Crippen molar-refractivity contribution in [2.45, 2.75) is 4.90 Å². The third kappa shape index (κ3) is 4.47. The maximum Gasteiger partial charge on any atom is 0.264 e. The molecule has 30 heavy (non-hydrogen) atoms. The Balaban J connectivity index is 1.82. The van der Waals surface area contributed by atoms with Crippen molar-refractivity contribution in [2.24, 2.45) is 0 Å². The fourth-order valence-electron chi connectivity index (χ4n) is 2.74. The van der Waals surface area contributed by atoms with Gasteiger partial charge in [-0.2, -0.15) is 0 Å². The van der Waals surface area contributed by atoms with E-state index in [9.17, 15) is 17.6 Å². The van der Waals surface area contributed by atoms with Crippen LogP contribution in [-0.2, 0) is 10.0 Å². The van der Waals surface area contributed by atoms with E-state index >= 15 is 0 Å². The summed E-state index contributed by atoms with van der Waals surface area (Å²) in [7, 11) is -1.00. The quantitative estimate of drug-likeness (QED) is 0.542. The summed E-state index contributed by atoms with van der Waals surface area (Å²) in [6.07, 6.45) is 0. The Morgan fingerprint density at radius 1 is 1.07 bits per heavy atom. The zero-order chi connectivity index (χ0) is 21.9. The van der Waals surface area contributed by atoms with Crippen molar-refractivity contribution in [1.82, 2.24) is 0 Å². The van der Waals surface area contributed by atoms with E-state index in [0.717, 1.165) is 4.31 Å². The Morgan fingerprint density at radius 3 is 2.37 bits per heavy atom. The van der Waals surface area contributed by atoms with Crippen LogP contribution < -0.4 is 14.4 Å². The molecule has 0 saturated heterocycles. The van der Waals surface area contributed by atoms with E-state index in [1.54, 1.807) is 30.3 Å². The smallest absolute Gasteiger partial charge is 0.264 e. The number of halogens is 2. The molecule has 0 saturated carbocycles. The van der Waals surface area contributed by atoms with Crippen LogP contribution in [0.5, 0.6) is 5.75 Å². The van der Waals surface area contributed by atoms with Crippen LogP contribution in [0.15, 0.2) is 76.1 Å². The second-order valence-corrected chi connectivity index (χ2v) is 9.13. The van der Waals surface area contributed by atoms with E-state index in [4.69, 9.17) is 4.74 Å². The summed E-state index contributed by atoms with van der Waals surface area (Å²) < 4.78 is 46.7. The van der Waals surface area contributed by atoms with Gasteiger partial charge >= 0.3 is 0 Å². The maximum absolute atomic E-state index is 13.9. The number of ether oxygens (including phenoxy) is 1. The van der Waals surface area contributed by atoms with Gasteiger partial charge in [-0.15, -0.1) is 0 Å². The number of carbonyl (C=O) groups is 1. The molecule has 3 rings (SSSR count). The number of rotatable bonds is 6. The molecular formula is C21H18BrFN2O4S. The SMILES string of the molecule is COc1ccccc1N(C)S(=O)(=O)c1ccc(C(=O)Nc2ccc(Br)cc2F)cc1. The average molecular weight is 493 g/mol. The van der Waals surface area contributed by atoms with Crippen molar-refractivity contribution in [3.63, 3.8) is 0 Å². The lowest BCUT2D eigenvalue weighted by atomic mass is 10.2. The van der Waals surface area contributed by atoms with Gasteiger partial charge in [0.05, 0.1) is 23.4 Å². The van der Waals surface area contributed by atoms with Crippen molar-refractivity contribution in [3.8, 4) is 5.75 Å². The summed E-state index contributed by atoms with van der Waals surface area (Å²) >= 11 is 3.15. The highest BCUT2D eigenvalue weighted by Gasteiger charge is 2.24. The second-order valence-electron chi connectivity index (χ2n) is 6.25. The Bertz CT molecular complexity index is 1180. The lowest BCUT2D eigenvalue weighted by molar-refractivity contribution is 0.102. The maximum atomic E-state index is 13.9. The van der Waals surface area contributed by atoms with E-state index in [1.807, 2.05) is 0 Å². The molecule has 6 nitrogen and oxygen atoms in total. The summed E-state index contributed by atoms with van der Waals surface area (Å²) in [6.45, 7) is 0. The van der Waals surface area contributed by atoms with Gasteiger partial charge in [-0.3, -0.25) is 9.10 Å². The molecule has 0 spiro atoms. The Labute approximate surface area is 182 Å². The van der Waals surface area contributed by atoms with Gasteiger partial charge in [0.25, 0.3) is 15.9 Å². The highest BCUT2D eigenvalue weighted by atomic mass is 79.9. The molecule has 9 heteroatoms. The first-order valence-corrected chi connectivity index (χ1v) is 11.0. The van der Waals surface area contributed by atoms with Crippen LogP contribution in [0.3, 0.4) is 0 Å². The molecule has 0 aliphatic carbocycles. The number of para-hydroxylation sites is 2. The standard InChI is InChI=1S/C21H18BrFN2O4S/c1-25(19-5-3-4-6-20(19)29-2)30(27,28)16-10-7-14(8-11-16)21(26)24-18-12-9-15(22)13-17(18)23/h3-13H,1-2H3,(H,24,26). The van der Waals surface area contributed by atoms with E-state index in [1.165, 1.54) is 50.6 Å². The van der Waals surface area contributed by atoms with Gasteiger partial charge in [0.2, 0.25) is 0 Å². The van der Waals surface area contributed by atoms with Crippen LogP contribution in [0.25, 0.3) is 0 Å². The Hall–Kier alpha value is -2.91. The van der Waals surface area contributed by atoms with E-state index in [2.05, 4.69) is 21.2 Å². The van der Waals surface area contributed by atoms with Crippen LogP contribution in [0.2, 0.25) is 0 Å². The molecule has 0 aliphatic heterocycles. The van der Waals surface area contributed by atoms with Gasteiger partial charge in [0, 0.05) is 17.1 Å². The fraction of sp³-hybridized carbons (Fsp3) is 0.0952. The minimum atomic E-state index is -3.88. The first-order chi connectivity index (χ1) is 14.2. The fourth-order valence-corrected chi connectivity index (χ4v) is 4.28. The number of benzene rings is 3. The Kier molecular flexibility index (Phi) is 6.42. The van der Waals surface area contributed by atoms with Gasteiger partial charge in [-0.1, -0.05) is 28.1 Å². The summed E-state index contributed by atoms with van der Waals surface area (Å²) in [6, 6.07) is 16.4. The highest BCUT2D eigenvalue weighted by molar-refractivity contribution is 9.10. The number of nitrogens with one attached hydrogen (secondary N) is 1. The minimum Gasteiger partial charge on any atom is -0.495 e. The molecule has 0 fully saturated rings. The topological polar surface area (TPSA) is 75.7 Å². The number of anilines is 2. The van der Waals surface area contributed by atoms with Gasteiger partial charge in [-0.05, 0) is 54.6 Å². The zero-order valence-electron chi connectivity index (χ0n) is 16.1.